The number of rotatable bonds is 6. The van der Waals surface area contributed by atoms with Gasteiger partial charge in [-0.05, 0) is 40.9 Å². The standard InChI is InChI=1S/C10H15BrN2O3S/c1-2-9(5-6-14)13-17(15,16)10-4-3-8(11)7-12-10/h3-4,7,9,13-14H,2,5-6H2,1H3/t9-/m1/s1. The maximum atomic E-state index is 11.9. The molecular weight excluding hydrogens is 308 g/mol. The second-order valence-electron chi connectivity index (χ2n) is 3.55. The van der Waals surface area contributed by atoms with Gasteiger partial charge in [-0.15, -0.1) is 0 Å². The predicted molar refractivity (Wildman–Crippen MR) is 68.0 cm³/mol. The average molecular weight is 323 g/mol. The first-order valence-electron chi connectivity index (χ1n) is 5.24. The quantitative estimate of drug-likeness (QED) is 0.827. The summed E-state index contributed by atoms with van der Waals surface area (Å²) in [5.74, 6) is 0. The number of nitrogens with one attached hydrogen (secondary N) is 1. The molecule has 1 aromatic rings. The summed E-state index contributed by atoms with van der Waals surface area (Å²) in [6.45, 7) is 1.81. The number of hydrogen-bond donors (Lipinski definition) is 2. The van der Waals surface area contributed by atoms with E-state index in [1.807, 2.05) is 6.92 Å². The molecule has 0 spiro atoms. The third kappa shape index (κ3) is 4.34. The minimum atomic E-state index is -3.60. The minimum absolute atomic E-state index is 0.0166. The maximum absolute atomic E-state index is 11.9. The minimum Gasteiger partial charge on any atom is -0.396 e. The Kier molecular flexibility index (Phi) is 5.51. The van der Waals surface area contributed by atoms with E-state index in [2.05, 4.69) is 25.6 Å². The number of pyridine rings is 1. The second-order valence-corrected chi connectivity index (χ2v) is 6.13. The monoisotopic (exact) mass is 322 g/mol. The van der Waals surface area contributed by atoms with Gasteiger partial charge in [-0.3, -0.25) is 0 Å². The molecule has 0 unspecified atom stereocenters. The van der Waals surface area contributed by atoms with Crippen LogP contribution in [0.25, 0.3) is 0 Å². The summed E-state index contributed by atoms with van der Waals surface area (Å²) in [4.78, 5) is 3.84. The van der Waals surface area contributed by atoms with E-state index in [1.165, 1.54) is 12.3 Å². The lowest BCUT2D eigenvalue weighted by Gasteiger charge is -2.15. The molecule has 0 saturated carbocycles. The summed E-state index contributed by atoms with van der Waals surface area (Å²) < 4.78 is 27.1. The van der Waals surface area contributed by atoms with Crippen LogP contribution in [0.4, 0.5) is 0 Å². The van der Waals surface area contributed by atoms with E-state index in [1.54, 1.807) is 6.07 Å². The number of nitrogens with zero attached hydrogens (tertiary/aromatic N) is 1. The first-order chi connectivity index (χ1) is 7.99. The van der Waals surface area contributed by atoms with Gasteiger partial charge < -0.3 is 5.11 Å². The van der Waals surface area contributed by atoms with Gasteiger partial charge >= 0.3 is 0 Å². The molecule has 0 bridgehead atoms. The van der Waals surface area contributed by atoms with E-state index in [-0.39, 0.29) is 17.7 Å². The van der Waals surface area contributed by atoms with Crippen LogP contribution >= 0.6 is 15.9 Å². The Bertz CT molecular complexity index is 447. The number of hydrogen-bond acceptors (Lipinski definition) is 4. The van der Waals surface area contributed by atoms with Gasteiger partial charge in [-0.25, -0.2) is 18.1 Å². The summed E-state index contributed by atoms with van der Waals surface area (Å²) in [5, 5.41) is 8.80. The summed E-state index contributed by atoms with van der Waals surface area (Å²) in [7, 11) is -3.60. The molecule has 1 heterocycles. The maximum Gasteiger partial charge on any atom is 0.258 e. The first kappa shape index (κ1) is 14.6. The zero-order valence-electron chi connectivity index (χ0n) is 9.43. The third-order valence-corrected chi connectivity index (χ3v) is 4.17. The van der Waals surface area contributed by atoms with E-state index >= 15 is 0 Å². The zero-order chi connectivity index (χ0) is 12.9. The molecule has 0 aliphatic heterocycles. The molecule has 0 aromatic carbocycles. The molecule has 1 atom stereocenters. The van der Waals surface area contributed by atoms with Crippen LogP contribution in [0, 0.1) is 0 Å². The Balaban J connectivity index is 2.84. The summed E-state index contributed by atoms with van der Waals surface area (Å²) >= 11 is 3.19. The number of aliphatic hydroxyl groups is 1. The van der Waals surface area contributed by atoms with Crippen molar-refractivity contribution < 1.29 is 13.5 Å². The van der Waals surface area contributed by atoms with Gasteiger partial charge in [0.1, 0.15) is 0 Å². The predicted octanol–water partition coefficient (Wildman–Crippen LogP) is 1.28. The SMILES string of the molecule is CC[C@H](CCO)NS(=O)(=O)c1ccc(Br)cn1. The van der Waals surface area contributed by atoms with Gasteiger partial charge in [0, 0.05) is 23.3 Å². The Morgan fingerprint density at radius 2 is 2.24 bits per heavy atom. The zero-order valence-corrected chi connectivity index (χ0v) is 11.8. The fraction of sp³-hybridized carbons (Fsp3) is 0.500. The molecule has 96 valence electrons. The van der Waals surface area contributed by atoms with Crippen molar-refractivity contribution in [3.8, 4) is 0 Å². The lowest BCUT2D eigenvalue weighted by atomic mass is 10.2. The Hall–Kier alpha value is -0.500. The molecule has 1 aromatic heterocycles. The lowest BCUT2D eigenvalue weighted by molar-refractivity contribution is 0.270. The highest BCUT2D eigenvalue weighted by Crippen LogP contribution is 2.12. The van der Waals surface area contributed by atoms with Gasteiger partial charge in [0.05, 0.1) is 0 Å². The van der Waals surface area contributed by atoms with Crippen molar-refractivity contribution in [1.82, 2.24) is 9.71 Å². The van der Waals surface area contributed by atoms with Crippen LogP contribution in [-0.4, -0.2) is 31.2 Å². The van der Waals surface area contributed by atoms with Crippen molar-refractivity contribution in [3.05, 3.63) is 22.8 Å². The van der Waals surface area contributed by atoms with Crippen molar-refractivity contribution in [3.63, 3.8) is 0 Å². The molecule has 0 fully saturated rings. The van der Waals surface area contributed by atoms with Crippen LogP contribution in [0.3, 0.4) is 0 Å². The number of halogens is 1. The van der Waals surface area contributed by atoms with Gasteiger partial charge in [0.25, 0.3) is 10.0 Å². The van der Waals surface area contributed by atoms with Crippen LogP contribution in [0.1, 0.15) is 19.8 Å². The van der Waals surface area contributed by atoms with Crippen molar-refractivity contribution >= 4 is 26.0 Å². The lowest BCUT2D eigenvalue weighted by Crippen LogP contribution is -2.35. The summed E-state index contributed by atoms with van der Waals surface area (Å²) in [5.41, 5.74) is 0. The van der Waals surface area contributed by atoms with Crippen LogP contribution < -0.4 is 4.72 Å². The van der Waals surface area contributed by atoms with Crippen LogP contribution in [0.15, 0.2) is 27.8 Å². The third-order valence-electron chi connectivity index (χ3n) is 2.27. The molecule has 1 rings (SSSR count). The van der Waals surface area contributed by atoms with Crippen LogP contribution in [-0.2, 0) is 10.0 Å². The van der Waals surface area contributed by atoms with Crippen molar-refractivity contribution in [1.29, 1.82) is 0 Å². The molecule has 0 saturated heterocycles. The number of aliphatic hydroxyl groups excluding tert-OH is 1. The fourth-order valence-electron chi connectivity index (χ4n) is 1.30. The molecule has 0 aliphatic carbocycles. The number of aromatic nitrogens is 1. The summed E-state index contributed by atoms with van der Waals surface area (Å²) in [6.07, 6.45) is 2.45. The average Bonchev–Trinajstić information content (AvgIpc) is 2.28. The van der Waals surface area contributed by atoms with Crippen LogP contribution in [0.2, 0.25) is 0 Å². The van der Waals surface area contributed by atoms with E-state index in [4.69, 9.17) is 5.11 Å². The molecule has 0 aliphatic rings. The highest BCUT2D eigenvalue weighted by Gasteiger charge is 2.19. The van der Waals surface area contributed by atoms with Gasteiger partial charge in [0.2, 0.25) is 0 Å². The molecule has 17 heavy (non-hydrogen) atoms. The number of sulfonamides is 1. The fourth-order valence-corrected chi connectivity index (χ4v) is 2.82. The van der Waals surface area contributed by atoms with Crippen LogP contribution in [0.5, 0.6) is 0 Å². The first-order valence-corrected chi connectivity index (χ1v) is 7.52. The highest BCUT2D eigenvalue weighted by molar-refractivity contribution is 9.10. The second kappa shape index (κ2) is 6.44. The van der Waals surface area contributed by atoms with Gasteiger partial charge in [-0.2, -0.15) is 0 Å². The molecule has 7 heteroatoms. The van der Waals surface area contributed by atoms with E-state index < -0.39 is 10.0 Å². The Morgan fingerprint density at radius 3 is 2.71 bits per heavy atom. The normalized spacial score (nSPS) is 13.6. The van der Waals surface area contributed by atoms with Crippen molar-refractivity contribution in [2.24, 2.45) is 0 Å². The van der Waals surface area contributed by atoms with E-state index in [0.717, 1.165) is 4.47 Å². The molecule has 0 radical (unpaired) electrons. The molecule has 5 nitrogen and oxygen atoms in total. The Morgan fingerprint density at radius 1 is 1.53 bits per heavy atom. The van der Waals surface area contributed by atoms with E-state index in [9.17, 15) is 8.42 Å². The Labute approximate surface area is 109 Å². The van der Waals surface area contributed by atoms with Crippen molar-refractivity contribution in [2.45, 2.75) is 30.8 Å². The van der Waals surface area contributed by atoms with E-state index in [0.29, 0.717) is 12.8 Å². The molecular formula is C10H15BrN2O3S. The smallest absolute Gasteiger partial charge is 0.258 e. The van der Waals surface area contributed by atoms with Crippen molar-refractivity contribution in [2.75, 3.05) is 6.61 Å². The summed E-state index contributed by atoms with van der Waals surface area (Å²) in [6, 6.07) is 2.78. The van der Waals surface area contributed by atoms with Gasteiger partial charge in [-0.1, -0.05) is 6.92 Å². The molecule has 2 N–H and O–H groups in total. The van der Waals surface area contributed by atoms with Gasteiger partial charge in [0.15, 0.2) is 5.03 Å². The highest BCUT2D eigenvalue weighted by atomic mass is 79.9. The topological polar surface area (TPSA) is 79.3 Å². The largest absolute Gasteiger partial charge is 0.396 e. The molecule has 0 amide bonds.